The summed E-state index contributed by atoms with van der Waals surface area (Å²) in [5.74, 6) is -0.0610. The highest BCUT2D eigenvalue weighted by Crippen LogP contribution is 2.22. The minimum absolute atomic E-state index is 0.0310. The molecule has 0 atom stereocenters. The Kier molecular flexibility index (Phi) is 5.69. The van der Waals surface area contributed by atoms with Gasteiger partial charge in [0.2, 0.25) is 5.91 Å². The lowest BCUT2D eigenvalue weighted by Crippen LogP contribution is -2.42. The van der Waals surface area contributed by atoms with Crippen molar-refractivity contribution in [1.82, 2.24) is 19.7 Å². The number of hydrogen-bond acceptors (Lipinski definition) is 4. The van der Waals surface area contributed by atoms with Crippen LogP contribution in [-0.2, 0) is 17.8 Å². The van der Waals surface area contributed by atoms with Crippen molar-refractivity contribution in [2.75, 3.05) is 7.05 Å². The number of fused-ring (bicyclic) bond motifs is 1. The predicted octanol–water partition coefficient (Wildman–Crippen LogP) is 3.17. The smallest absolute Gasteiger partial charge is 0.275 e. The lowest BCUT2D eigenvalue weighted by Gasteiger charge is -2.31. The molecule has 1 fully saturated rings. The van der Waals surface area contributed by atoms with E-state index in [0.29, 0.717) is 11.8 Å². The lowest BCUT2D eigenvalue weighted by molar-refractivity contribution is -0.133. The van der Waals surface area contributed by atoms with Gasteiger partial charge in [-0.15, -0.1) is 0 Å². The van der Waals surface area contributed by atoms with E-state index in [1.807, 2.05) is 42.3 Å². The summed E-state index contributed by atoms with van der Waals surface area (Å²) in [5.41, 5.74) is 1.57. The average Bonchev–Trinajstić information content (AvgIpc) is 2.77. The molecular formula is C23H26N4O2. The van der Waals surface area contributed by atoms with E-state index in [1.165, 1.54) is 11.1 Å². The Bertz CT molecular complexity index is 1060. The molecule has 0 spiro atoms. The molecule has 0 aliphatic heterocycles. The largest absolute Gasteiger partial charge is 0.341 e. The molecule has 6 heteroatoms. The zero-order valence-electron chi connectivity index (χ0n) is 16.8. The van der Waals surface area contributed by atoms with Gasteiger partial charge >= 0.3 is 0 Å². The normalized spacial score (nSPS) is 14.8. The fourth-order valence-corrected chi connectivity index (χ4v) is 4.15. The third kappa shape index (κ3) is 4.21. The molecule has 0 bridgehead atoms. The second-order valence-corrected chi connectivity index (χ2v) is 7.79. The Morgan fingerprint density at radius 1 is 1.10 bits per heavy atom. The van der Waals surface area contributed by atoms with Crippen LogP contribution in [0.25, 0.3) is 10.8 Å². The maximum absolute atomic E-state index is 13.0. The SMILES string of the molecule is CN(C(=O)Cn1nc(Cc2cccnc2)c2ccccc2c1=O)C1CCCCC1. The first-order valence-corrected chi connectivity index (χ1v) is 10.3. The first kappa shape index (κ1) is 19.3. The van der Waals surface area contributed by atoms with Crippen molar-refractivity contribution < 1.29 is 4.79 Å². The number of nitrogens with zero attached hydrogens (tertiary/aromatic N) is 4. The van der Waals surface area contributed by atoms with Gasteiger partial charge in [-0.2, -0.15) is 5.10 Å². The molecular weight excluding hydrogens is 364 g/mol. The summed E-state index contributed by atoms with van der Waals surface area (Å²) in [6, 6.07) is 11.6. The van der Waals surface area contributed by atoms with Crippen molar-refractivity contribution in [1.29, 1.82) is 0 Å². The standard InChI is InChI=1S/C23H26N4O2/c1-26(18-9-3-2-4-10-18)22(28)16-27-23(29)20-12-6-5-11-19(20)21(25-27)14-17-8-7-13-24-15-17/h5-8,11-13,15,18H,2-4,9-10,14,16H2,1H3. The van der Waals surface area contributed by atoms with Gasteiger partial charge in [0.05, 0.1) is 11.1 Å². The maximum Gasteiger partial charge on any atom is 0.275 e. The molecule has 4 rings (SSSR count). The molecule has 29 heavy (non-hydrogen) atoms. The monoisotopic (exact) mass is 390 g/mol. The molecule has 1 aliphatic carbocycles. The summed E-state index contributed by atoms with van der Waals surface area (Å²) in [4.78, 5) is 31.8. The van der Waals surface area contributed by atoms with E-state index in [0.717, 1.165) is 42.3 Å². The number of aromatic nitrogens is 3. The van der Waals surface area contributed by atoms with Crippen LogP contribution in [0.4, 0.5) is 0 Å². The van der Waals surface area contributed by atoms with Crippen molar-refractivity contribution in [3.8, 4) is 0 Å². The van der Waals surface area contributed by atoms with E-state index in [-0.39, 0.29) is 24.1 Å². The molecule has 0 radical (unpaired) electrons. The molecule has 6 nitrogen and oxygen atoms in total. The van der Waals surface area contributed by atoms with Crippen LogP contribution in [-0.4, -0.2) is 38.7 Å². The number of amides is 1. The minimum atomic E-state index is -0.221. The first-order chi connectivity index (χ1) is 14.1. The van der Waals surface area contributed by atoms with E-state index in [4.69, 9.17) is 0 Å². The van der Waals surface area contributed by atoms with Crippen LogP contribution in [0.3, 0.4) is 0 Å². The topological polar surface area (TPSA) is 68.1 Å². The number of carbonyl (C=O) groups excluding carboxylic acids is 1. The summed E-state index contributed by atoms with van der Waals surface area (Å²) in [6.45, 7) is -0.0310. The molecule has 1 aromatic carbocycles. The zero-order chi connectivity index (χ0) is 20.2. The molecule has 150 valence electrons. The van der Waals surface area contributed by atoms with Crippen LogP contribution in [0.5, 0.6) is 0 Å². The Morgan fingerprint density at radius 3 is 2.59 bits per heavy atom. The highest BCUT2D eigenvalue weighted by molar-refractivity contribution is 5.84. The third-order valence-corrected chi connectivity index (χ3v) is 5.84. The highest BCUT2D eigenvalue weighted by Gasteiger charge is 2.23. The molecule has 1 saturated carbocycles. The molecule has 0 saturated heterocycles. The molecule has 2 aromatic heterocycles. The van der Waals surface area contributed by atoms with Crippen molar-refractivity contribution in [2.24, 2.45) is 0 Å². The van der Waals surface area contributed by atoms with Crippen LogP contribution in [0.2, 0.25) is 0 Å². The first-order valence-electron chi connectivity index (χ1n) is 10.3. The fraction of sp³-hybridized carbons (Fsp3) is 0.391. The quantitative estimate of drug-likeness (QED) is 0.671. The molecule has 3 aromatic rings. The highest BCUT2D eigenvalue weighted by atomic mass is 16.2. The van der Waals surface area contributed by atoms with Crippen LogP contribution < -0.4 is 5.56 Å². The number of pyridine rings is 1. The third-order valence-electron chi connectivity index (χ3n) is 5.84. The van der Waals surface area contributed by atoms with Gasteiger partial charge in [-0.3, -0.25) is 14.6 Å². The summed E-state index contributed by atoms with van der Waals surface area (Å²) in [6.07, 6.45) is 9.72. The van der Waals surface area contributed by atoms with Gasteiger partial charge in [0.25, 0.3) is 5.56 Å². The molecule has 1 amide bonds. The van der Waals surface area contributed by atoms with Crippen molar-refractivity contribution in [2.45, 2.75) is 51.1 Å². The van der Waals surface area contributed by atoms with Crippen LogP contribution in [0.15, 0.2) is 53.6 Å². The van der Waals surface area contributed by atoms with Gasteiger partial charge in [-0.05, 0) is 30.5 Å². The van der Waals surface area contributed by atoms with Crippen LogP contribution in [0.1, 0.15) is 43.4 Å². The molecule has 1 aliphatic rings. The Morgan fingerprint density at radius 2 is 1.86 bits per heavy atom. The molecule has 0 unspecified atom stereocenters. The number of rotatable bonds is 5. The lowest BCUT2D eigenvalue weighted by atomic mass is 9.94. The van der Waals surface area contributed by atoms with E-state index >= 15 is 0 Å². The van der Waals surface area contributed by atoms with Gasteiger partial charge in [0.15, 0.2) is 0 Å². The number of carbonyl (C=O) groups is 1. The second kappa shape index (κ2) is 8.55. The van der Waals surface area contributed by atoms with Gasteiger partial charge in [0.1, 0.15) is 6.54 Å². The number of benzene rings is 1. The van der Waals surface area contributed by atoms with Gasteiger partial charge < -0.3 is 4.90 Å². The van der Waals surface area contributed by atoms with Gasteiger partial charge in [-0.25, -0.2) is 4.68 Å². The van der Waals surface area contributed by atoms with Gasteiger partial charge in [-0.1, -0.05) is 43.5 Å². The minimum Gasteiger partial charge on any atom is -0.341 e. The zero-order valence-corrected chi connectivity index (χ0v) is 16.8. The molecule has 0 N–H and O–H groups in total. The van der Waals surface area contributed by atoms with Gasteiger partial charge in [0, 0.05) is 37.3 Å². The maximum atomic E-state index is 13.0. The summed E-state index contributed by atoms with van der Waals surface area (Å²) in [5, 5.41) is 6.01. The van der Waals surface area contributed by atoms with Crippen LogP contribution >= 0.6 is 0 Å². The van der Waals surface area contributed by atoms with E-state index in [1.54, 1.807) is 18.5 Å². The van der Waals surface area contributed by atoms with E-state index in [2.05, 4.69) is 10.1 Å². The second-order valence-electron chi connectivity index (χ2n) is 7.79. The number of likely N-dealkylation sites (N-methyl/N-ethyl adjacent to an activating group) is 1. The summed E-state index contributed by atoms with van der Waals surface area (Å²) >= 11 is 0. The Hall–Kier alpha value is -3.02. The van der Waals surface area contributed by atoms with E-state index in [9.17, 15) is 9.59 Å². The summed E-state index contributed by atoms with van der Waals surface area (Å²) < 4.78 is 1.33. The molecule has 2 heterocycles. The number of hydrogen-bond donors (Lipinski definition) is 0. The van der Waals surface area contributed by atoms with Crippen molar-refractivity contribution in [3.63, 3.8) is 0 Å². The van der Waals surface area contributed by atoms with E-state index < -0.39 is 0 Å². The Labute approximate surface area is 170 Å². The Balaban J connectivity index is 1.66. The predicted molar refractivity (Wildman–Crippen MR) is 113 cm³/mol. The van der Waals surface area contributed by atoms with Crippen molar-refractivity contribution >= 4 is 16.7 Å². The van der Waals surface area contributed by atoms with Crippen molar-refractivity contribution in [3.05, 3.63) is 70.4 Å². The van der Waals surface area contributed by atoms with Crippen LogP contribution in [0, 0.1) is 0 Å². The average molecular weight is 390 g/mol. The fourth-order valence-electron chi connectivity index (χ4n) is 4.15. The summed E-state index contributed by atoms with van der Waals surface area (Å²) in [7, 11) is 1.85.